The van der Waals surface area contributed by atoms with Crippen LogP contribution >= 0.6 is 0 Å². The third-order valence-electron chi connectivity index (χ3n) is 2.88. The predicted octanol–water partition coefficient (Wildman–Crippen LogP) is 3.40. The highest BCUT2D eigenvalue weighted by Crippen LogP contribution is 2.28. The van der Waals surface area contributed by atoms with Crippen molar-refractivity contribution >= 4 is 17.2 Å². The molecule has 0 unspecified atom stereocenters. The molecule has 3 N–H and O–H groups in total. The lowest BCUT2D eigenvalue weighted by Crippen LogP contribution is -2.02. The van der Waals surface area contributed by atoms with Crippen molar-refractivity contribution in [1.29, 1.82) is 5.26 Å². The molecule has 0 spiro atoms. The molecule has 1 aromatic carbocycles. The van der Waals surface area contributed by atoms with E-state index in [0.717, 1.165) is 5.69 Å². The predicted molar refractivity (Wildman–Crippen MR) is 77.2 cm³/mol. The van der Waals surface area contributed by atoms with Crippen LogP contribution in [0.25, 0.3) is 0 Å². The molecule has 96 valence electrons. The summed E-state index contributed by atoms with van der Waals surface area (Å²) in [5.74, 6) is 0.982. The van der Waals surface area contributed by atoms with Gasteiger partial charge in [0.25, 0.3) is 0 Å². The fourth-order valence-electron chi connectivity index (χ4n) is 1.89. The Morgan fingerprint density at radius 3 is 2.68 bits per heavy atom. The average Bonchev–Trinajstić information content (AvgIpc) is 2.41. The maximum Gasteiger partial charge on any atom is 0.153 e. The number of anilines is 3. The van der Waals surface area contributed by atoms with Gasteiger partial charge in [0.1, 0.15) is 6.07 Å². The van der Waals surface area contributed by atoms with E-state index in [1.807, 2.05) is 24.3 Å². The molecule has 0 saturated carbocycles. The Morgan fingerprint density at radius 1 is 1.32 bits per heavy atom. The van der Waals surface area contributed by atoms with E-state index in [4.69, 9.17) is 11.0 Å². The number of nitrogens with zero attached hydrogens (tertiary/aromatic N) is 2. The van der Waals surface area contributed by atoms with Crippen molar-refractivity contribution in [1.82, 2.24) is 4.98 Å². The Kier molecular flexibility index (Phi) is 3.67. The molecule has 0 amide bonds. The van der Waals surface area contributed by atoms with Crippen molar-refractivity contribution < 1.29 is 0 Å². The Labute approximate surface area is 112 Å². The largest absolute Gasteiger partial charge is 0.396 e. The number of aromatic nitrogens is 1. The summed E-state index contributed by atoms with van der Waals surface area (Å²) in [5, 5.41) is 12.0. The molecule has 1 heterocycles. The second kappa shape index (κ2) is 5.40. The minimum absolute atomic E-state index is 0.406. The smallest absolute Gasteiger partial charge is 0.153 e. The number of nitrogens with two attached hydrogens (primary N) is 1. The van der Waals surface area contributed by atoms with Gasteiger partial charge in [-0.15, -0.1) is 0 Å². The summed E-state index contributed by atoms with van der Waals surface area (Å²) in [5.41, 5.74) is 9.01. The summed E-state index contributed by atoms with van der Waals surface area (Å²) in [4.78, 5) is 4.19. The average molecular weight is 252 g/mol. The zero-order valence-corrected chi connectivity index (χ0v) is 11.0. The Hall–Kier alpha value is -2.54. The van der Waals surface area contributed by atoms with Gasteiger partial charge in [-0.1, -0.05) is 32.0 Å². The van der Waals surface area contributed by atoms with Crippen LogP contribution in [0, 0.1) is 11.3 Å². The van der Waals surface area contributed by atoms with Gasteiger partial charge < -0.3 is 11.1 Å². The van der Waals surface area contributed by atoms with Gasteiger partial charge in [0.05, 0.1) is 11.3 Å². The van der Waals surface area contributed by atoms with Crippen molar-refractivity contribution in [2.75, 3.05) is 11.1 Å². The number of nitriles is 1. The van der Waals surface area contributed by atoms with E-state index < -0.39 is 0 Å². The highest BCUT2D eigenvalue weighted by molar-refractivity contribution is 5.71. The minimum atomic E-state index is 0.406. The van der Waals surface area contributed by atoms with Crippen LogP contribution in [-0.2, 0) is 0 Å². The number of nitrogen functional groups attached to an aromatic ring is 1. The molecule has 0 radical (unpaired) electrons. The summed E-state index contributed by atoms with van der Waals surface area (Å²) in [7, 11) is 0. The summed E-state index contributed by atoms with van der Waals surface area (Å²) in [6.45, 7) is 4.27. The van der Waals surface area contributed by atoms with E-state index in [1.54, 1.807) is 6.07 Å². The maximum atomic E-state index is 8.79. The highest BCUT2D eigenvalue weighted by atomic mass is 15.0. The zero-order valence-electron chi connectivity index (χ0n) is 11.0. The second-order valence-corrected chi connectivity index (χ2v) is 4.64. The Balaban J connectivity index is 2.34. The number of pyridine rings is 1. The lowest BCUT2D eigenvalue weighted by molar-refractivity contribution is 0.869. The van der Waals surface area contributed by atoms with E-state index in [-0.39, 0.29) is 0 Å². The van der Waals surface area contributed by atoms with Gasteiger partial charge in [0.2, 0.25) is 0 Å². The normalized spacial score (nSPS) is 10.2. The van der Waals surface area contributed by atoms with Gasteiger partial charge >= 0.3 is 0 Å². The molecule has 0 aliphatic carbocycles. The third kappa shape index (κ3) is 2.83. The van der Waals surface area contributed by atoms with Crippen molar-refractivity contribution in [3.63, 3.8) is 0 Å². The summed E-state index contributed by atoms with van der Waals surface area (Å²) in [6.07, 6.45) is 1.51. The van der Waals surface area contributed by atoms with Crippen LogP contribution in [0.15, 0.2) is 36.5 Å². The molecular formula is C15H16N4. The Morgan fingerprint density at radius 2 is 2.05 bits per heavy atom. The molecular weight excluding hydrogens is 236 g/mol. The Bertz CT molecular complexity index is 626. The third-order valence-corrected chi connectivity index (χ3v) is 2.88. The number of hydrogen-bond acceptors (Lipinski definition) is 4. The van der Waals surface area contributed by atoms with Crippen LogP contribution in [-0.4, -0.2) is 4.98 Å². The van der Waals surface area contributed by atoms with E-state index in [0.29, 0.717) is 23.0 Å². The molecule has 0 atom stereocenters. The molecule has 0 aliphatic heterocycles. The number of hydrogen-bond donors (Lipinski definition) is 2. The first-order chi connectivity index (χ1) is 9.11. The highest BCUT2D eigenvalue weighted by Gasteiger charge is 2.08. The molecule has 0 aliphatic rings. The molecule has 1 aromatic heterocycles. The van der Waals surface area contributed by atoms with Crippen molar-refractivity contribution in [3.8, 4) is 6.07 Å². The number of rotatable bonds is 3. The fourth-order valence-corrected chi connectivity index (χ4v) is 1.89. The molecule has 0 fully saturated rings. The van der Waals surface area contributed by atoms with Gasteiger partial charge in [-0.2, -0.15) is 5.26 Å². The molecule has 0 saturated heterocycles. The van der Waals surface area contributed by atoms with Gasteiger partial charge in [0, 0.05) is 11.9 Å². The van der Waals surface area contributed by atoms with E-state index >= 15 is 0 Å². The SMILES string of the molecule is CC(C)c1ccccc1Nc1ncc(C#N)cc1N. The first-order valence-corrected chi connectivity index (χ1v) is 6.13. The maximum absolute atomic E-state index is 8.79. The zero-order chi connectivity index (χ0) is 13.8. The lowest BCUT2D eigenvalue weighted by Gasteiger charge is -2.15. The minimum Gasteiger partial charge on any atom is -0.396 e. The van der Waals surface area contributed by atoms with Crippen LogP contribution in [0.2, 0.25) is 0 Å². The van der Waals surface area contributed by atoms with E-state index in [9.17, 15) is 0 Å². The fraction of sp³-hybridized carbons (Fsp3) is 0.200. The standard InChI is InChI=1S/C15H16N4/c1-10(2)12-5-3-4-6-14(12)19-15-13(17)7-11(8-16)9-18-15/h3-7,9-10H,17H2,1-2H3,(H,18,19). The van der Waals surface area contributed by atoms with Gasteiger partial charge in [-0.05, 0) is 23.6 Å². The first kappa shape index (κ1) is 12.9. The van der Waals surface area contributed by atoms with Crippen LogP contribution in [0.4, 0.5) is 17.2 Å². The van der Waals surface area contributed by atoms with Crippen LogP contribution in [0.5, 0.6) is 0 Å². The monoisotopic (exact) mass is 252 g/mol. The topological polar surface area (TPSA) is 74.7 Å². The van der Waals surface area contributed by atoms with Crippen LogP contribution in [0.3, 0.4) is 0 Å². The molecule has 2 aromatic rings. The molecule has 4 heteroatoms. The van der Waals surface area contributed by atoms with Crippen molar-refractivity contribution in [2.45, 2.75) is 19.8 Å². The lowest BCUT2D eigenvalue weighted by atomic mass is 10.0. The van der Waals surface area contributed by atoms with E-state index in [2.05, 4.69) is 30.2 Å². The quantitative estimate of drug-likeness (QED) is 0.877. The summed E-state index contributed by atoms with van der Waals surface area (Å²) < 4.78 is 0. The molecule has 19 heavy (non-hydrogen) atoms. The van der Waals surface area contributed by atoms with Crippen molar-refractivity contribution in [2.24, 2.45) is 0 Å². The van der Waals surface area contributed by atoms with Crippen LogP contribution < -0.4 is 11.1 Å². The van der Waals surface area contributed by atoms with Gasteiger partial charge in [0.15, 0.2) is 5.82 Å². The molecule has 4 nitrogen and oxygen atoms in total. The first-order valence-electron chi connectivity index (χ1n) is 6.13. The number of para-hydroxylation sites is 1. The number of nitrogens with one attached hydrogen (secondary N) is 1. The van der Waals surface area contributed by atoms with Crippen LogP contribution in [0.1, 0.15) is 30.9 Å². The molecule has 2 rings (SSSR count). The summed E-state index contributed by atoms with van der Waals surface area (Å²) in [6, 6.07) is 11.7. The second-order valence-electron chi connectivity index (χ2n) is 4.64. The number of benzene rings is 1. The van der Waals surface area contributed by atoms with Gasteiger partial charge in [-0.3, -0.25) is 0 Å². The van der Waals surface area contributed by atoms with Crippen molar-refractivity contribution in [3.05, 3.63) is 47.7 Å². The summed E-state index contributed by atoms with van der Waals surface area (Å²) >= 11 is 0. The molecule has 0 bridgehead atoms. The van der Waals surface area contributed by atoms with E-state index in [1.165, 1.54) is 11.8 Å². The van der Waals surface area contributed by atoms with Gasteiger partial charge in [-0.25, -0.2) is 4.98 Å².